The number of sulfonamides is 1. The summed E-state index contributed by atoms with van der Waals surface area (Å²) >= 11 is 0. The molecule has 0 bridgehead atoms. The third kappa shape index (κ3) is 5.58. The molecular formula is C27H37N3O5S. The number of benzene rings is 1. The van der Waals surface area contributed by atoms with Crippen LogP contribution >= 0.6 is 0 Å². The number of aliphatic hydroxyl groups excluding tert-OH is 1. The van der Waals surface area contributed by atoms with Crippen molar-refractivity contribution in [3.05, 3.63) is 42.7 Å². The number of amides is 1. The second-order valence-electron chi connectivity index (χ2n) is 10.2. The number of fused-ring (bicyclic) bond motifs is 1. The fraction of sp³-hybridized carbons (Fsp3) is 0.556. The Morgan fingerprint density at radius 1 is 1.22 bits per heavy atom. The predicted molar refractivity (Wildman–Crippen MR) is 138 cm³/mol. The molecule has 0 saturated heterocycles. The molecule has 36 heavy (non-hydrogen) atoms. The van der Waals surface area contributed by atoms with E-state index in [2.05, 4.69) is 4.98 Å². The average molecular weight is 516 g/mol. The monoisotopic (exact) mass is 515 g/mol. The van der Waals surface area contributed by atoms with Gasteiger partial charge in [-0.1, -0.05) is 38.3 Å². The second-order valence-corrected chi connectivity index (χ2v) is 12.1. The van der Waals surface area contributed by atoms with Gasteiger partial charge in [0, 0.05) is 49.4 Å². The molecule has 0 radical (unpaired) electrons. The first-order valence-corrected chi connectivity index (χ1v) is 14.2. The lowest BCUT2D eigenvalue weighted by molar-refractivity contribution is -0.136. The number of pyridine rings is 1. The standard InChI is InChI=1S/C27H37N3O5S/c1-19-16-30(20(2)18-31)36(33,34)26-12-11-22(23-10-7-13-28-15-23)14-24(26)35-25(19)17-29(3)27(32)21-8-5-4-6-9-21/h7,10-15,19-21,25,31H,4-6,8-9,16-18H2,1-3H3/t19-,20-,25+/m0/s1. The molecule has 4 rings (SSSR count). The number of rotatable bonds is 6. The number of likely N-dealkylation sites (N-methyl/N-ethyl adjacent to an activating group) is 1. The van der Waals surface area contributed by atoms with Gasteiger partial charge in [-0.3, -0.25) is 9.78 Å². The number of aliphatic hydroxyl groups is 1. The number of nitrogens with zero attached hydrogens (tertiary/aromatic N) is 3. The molecule has 1 saturated carbocycles. The van der Waals surface area contributed by atoms with Crippen LogP contribution < -0.4 is 4.74 Å². The summed E-state index contributed by atoms with van der Waals surface area (Å²) in [5.41, 5.74) is 1.63. The zero-order chi connectivity index (χ0) is 25.9. The highest BCUT2D eigenvalue weighted by Crippen LogP contribution is 2.36. The molecule has 2 heterocycles. The minimum absolute atomic E-state index is 0.0448. The third-order valence-electron chi connectivity index (χ3n) is 7.45. The van der Waals surface area contributed by atoms with Gasteiger partial charge in [-0.15, -0.1) is 0 Å². The van der Waals surface area contributed by atoms with Crippen LogP contribution in [0, 0.1) is 11.8 Å². The van der Waals surface area contributed by atoms with Gasteiger partial charge >= 0.3 is 0 Å². The summed E-state index contributed by atoms with van der Waals surface area (Å²) in [4.78, 5) is 19.1. The maximum Gasteiger partial charge on any atom is 0.247 e. The summed E-state index contributed by atoms with van der Waals surface area (Å²) in [5, 5.41) is 9.84. The summed E-state index contributed by atoms with van der Waals surface area (Å²) in [5.74, 6) is 0.209. The first-order valence-electron chi connectivity index (χ1n) is 12.8. The fourth-order valence-electron chi connectivity index (χ4n) is 5.18. The van der Waals surface area contributed by atoms with Gasteiger partial charge in [-0.05, 0) is 43.5 Å². The van der Waals surface area contributed by atoms with Crippen LogP contribution in [0.5, 0.6) is 5.75 Å². The second kappa shape index (κ2) is 11.3. The Labute approximate surface area is 214 Å². The topological polar surface area (TPSA) is 100 Å². The van der Waals surface area contributed by atoms with Crippen molar-refractivity contribution in [1.29, 1.82) is 0 Å². The Morgan fingerprint density at radius 2 is 1.97 bits per heavy atom. The van der Waals surface area contributed by atoms with Crippen LogP contribution in [0.3, 0.4) is 0 Å². The molecule has 9 heteroatoms. The summed E-state index contributed by atoms with van der Waals surface area (Å²) < 4.78 is 35.1. The summed E-state index contributed by atoms with van der Waals surface area (Å²) in [6.07, 6.45) is 8.16. The van der Waals surface area contributed by atoms with Crippen LogP contribution in [0.15, 0.2) is 47.6 Å². The predicted octanol–water partition coefficient (Wildman–Crippen LogP) is 3.56. The number of hydrogen-bond acceptors (Lipinski definition) is 6. The van der Waals surface area contributed by atoms with E-state index in [9.17, 15) is 18.3 Å². The Morgan fingerprint density at radius 3 is 2.64 bits per heavy atom. The lowest BCUT2D eigenvalue weighted by Gasteiger charge is -2.38. The lowest BCUT2D eigenvalue weighted by Crippen LogP contribution is -2.50. The van der Waals surface area contributed by atoms with Crippen LogP contribution in [-0.2, 0) is 14.8 Å². The van der Waals surface area contributed by atoms with Gasteiger partial charge in [0.25, 0.3) is 0 Å². The molecule has 1 N–H and O–H groups in total. The molecule has 2 aromatic rings. The number of carbonyl (C=O) groups is 1. The molecule has 1 aromatic carbocycles. The van der Waals surface area contributed by atoms with Gasteiger partial charge in [0.05, 0.1) is 13.2 Å². The molecule has 1 aliphatic heterocycles. The Bertz CT molecular complexity index is 1150. The van der Waals surface area contributed by atoms with Crippen LogP contribution in [0.4, 0.5) is 0 Å². The smallest absolute Gasteiger partial charge is 0.247 e. The van der Waals surface area contributed by atoms with Gasteiger partial charge < -0.3 is 14.7 Å². The van der Waals surface area contributed by atoms with E-state index in [4.69, 9.17) is 4.74 Å². The van der Waals surface area contributed by atoms with E-state index in [1.165, 1.54) is 10.7 Å². The van der Waals surface area contributed by atoms with Gasteiger partial charge in [0.1, 0.15) is 16.7 Å². The zero-order valence-corrected chi connectivity index (χ0v) is 22.2. The Balaban J connectivity index is 1.70. The van der Waals surface area contributed by atoms with Crippen molar-refractivity contribution in [3.8, 4) is 16.9 Å². The fourth-order valence-corrected chi connectivity index (χ4v) is 7.00. The van der Waals surface area contributed by atoms with E-state index < -0.39 is 22.2 Å². The van der Waals surface area contributed by atoms with Crippen molar-refractivity contribution in [2.75, 3.05) is 26.7 Å². The van der Waals surface area contributed by atoms with Crippen molar-refractivity contribution in [2.45, 2.75) is 63.0 Å². The normalized spacial score (nSPS) is 23.6. The van der Waals surface area contributed by atoms with E-state index in [0.29, 0.717) is 6.54 Å². The van der Waals surface area contributed by atoms with Crippen LogP contribution in [-0.4, -0.2) is 72.5 Å². The molecule has 1 amide bonds. The average Bonchev–Trinajstić information content (AvgIpc) is 2.90. The highest BCUT2D eigenvalue weighted by molar-refractivity contribution is 7.89. The highest BCUT2D eigenvalue weighted by Gasteiger charge is 2.39. The van der Waals surface area contributed by atoms with E-state index in [0.717, 1.165) is 36.8 Å². The van der Waals surface area contributed by atoms with Gasteiger partial charge in [0.2, 0.25) is 15.9 Å². The van der Waals surface area contributed by atoms with Crippen molar-refractivity contribution in [3.63, 3.8) is 0 Å². The zero-order valence-electron chi connectivity index (χ0n) is 21.3. The Kier molecular flexibility index (Phi) is 8.32. The first-order chi connectivity index (χ1) is 17.2. The molecule has 1 fully saturated rings. The highest BCUT2D eigenvalue weighted by atomic mass is 32.2. The SMILES string of the molecule is C[C@H]1CN([C@@H](C)CO)S(=O)(=O)c2ccc(-c3cccnc3)cc2O[C@@H]1CN(C)C(=O)C1CCCCC1. The quantitative estimate of drug-likeness (QED) is 0.632. The molecule has 3 atom stereocenters. The summed E-state index contributed by atoms with van der Waals surface area (Å²) in [7, 11) is -2.11. The minimum atomic E-state index is -3.92. The van der Waals surface area contributed by atoms with Crippen molar-refractivity contribution in [1.82, 2.24) is 14.2 Å². The Hall–Kier alpha value is -2.49. The van der Waals surface area contributed by atoms with Crippen molar-refractivity contribution < 1.29 is 23.1 Å². The summed E-state index contributed by atoms with van der Waals surface area (Å²) in [6, 6.07) is 8.18. The van der Waals surface area contributed by atoms with Crippen LogP contribution in [0.2, 0.25) is 0 Å². The maximum atomic E-state index is 13.7. The molecule has 0 spiro atoms. The van der Waals surface area contributed by atoms with Crippen LogP contribution in [0.25, 0.3) is 11.1 Å². The van der Waals surface area contributed by atoms with Crippen molar-refractivity contribution in [2.24, 2.45) is 11.8 Å². The molecule has 2 aliphatic rings. The summed E-state index contributed by atoms with van der Waals surface area (Å²) in [6.45, 7) is 3.88. The molecule has 8 nitrogen and oxygen atoms in total. The van der Waals surface area contributed by atoms with Crippen molar-refractivity contribution >= 4 is 15.9 Å². The van der Waals surface area contributed by atoms with E-state index in [-0.39, 0.29) is 41.5 Å². The molecule has 1 aliphatic carbocycles. The van der Waals surface area contributed by atoms with Gasteiger partial charge in [0.15, 0.2) is 0 Å². The molecule has 0 unspecified atom stereocenters. The van der Waals surface area contributed by atoms with E-state index >= 15 is 0 Å². The lowest BCUT2D eigenvalue weighted by atomic mass is 9.88. The molecular weight excluding hydrogens is 478 g/mol. The number of ether oxygens (including phenoxy) is 1. The van der Waals surface area contributed by atoms with Crippen LogP contribution in [0.1, 0.15) is 46.0 Å². The number of aromatic nitrogens is 1. The third-order valence-corrected chi connectivity index (χ3v) is 9.47. The van der Waals surface area contributed by atoms with E-state index in [1.807, 2.05) is 26.1 Å². The molecule has 196 valence electrons. The van der Waals surface area contributed by atoms with E-state index in [1.54, 1.807) is 42.4 Å². The first kappa shape index (κ1) is 26.6. The molecule has 1 aromatic heterocycles. The minimum Gasteiger partial charge on any atom is -0.487 e. The van der Waals surface area contributed by atoms with Gasteiger partial charge in [-0.25, -0.2) is 8.42 Å². The number of hydrogen-bond donors (Lipinski definition) is 1. The number of carbonyl (C=O) groups excluding carboxylic acids is 1. The van der Waals surface area contributed by atoms with Gasteiger partial charge in [-0.2, -0.15) is 4.31 Å². The maximum absolute atomic E-state index is 13.7. The largest absolute Gasteiger partial charge is 0.487 e.